The molecule has 6 aliphatic heterocycles. The summed E-state index contributed by atoms with van der Waals surface area (Å²) in [5.41, 5.74) is 5.94. The van der Waals surface area contributed by atoms with E-state index < -0.39 is 23.9 Å². The van der Waals surface area contributed by atoms with Gasteiger partial charge >= 0.3 is 0 Å². The highest BCUT2D eigenvalue weighted by molar-refractivity contribution is 6.07. The maximum Gasteiger partial charge on any atom is 0.260 e. The Morgan fingerprint density at radius 2 is 1.01 bits per heavy atom. The van der Waals surface area contributed by atoms with Crippen LogP contribution in [0.2, 0.25) is 0 Å². The van der Waals surface area contributed by atoms with Crippen molar-refractivity contribution < 1.29 is 105 Å². The summed E-state index contributed by atoms with van der Waals surface area (Å²) in [7, 11) is 3.07. The van der Waals surface area contributed by atoms with Crippen molar-refractivity contribution in [2.75, 3.05) is 158 Å². The Labute approximate surface area is 639 Å². The Kier molecular flexibility index (Phi) is 31.8. The number of ether oxygens (including phenoxy) is 14. The molecule has 594 valence electrons. The molecule has 31 heteroatoms. The second-order valence-electron chi connectivity index (χ2n) is 27.0. The number of rotatable bonds is 48. The molecule has 110 heavy (non-hydrogen) atoms. The van der Waals surface area contributed by atoms with E-state index in [4.69, 9.17) is 76.3 Å². The highest BCUT2D eigenvalue weighted by Gasteiger charge is 2.38. The third-order valence-electron chi connectivity index (χ3n) is 18.7. The average Bonchev–Trinajstić information content (AvgIpc) is 1.62. The van der Waals surface area contributed by atoms with E-state index >= 15 is 0 Å². The van der Waals surface area contributed by atoms with Crippen molar-refractivity contribution in [3.8, 4) is 34.5 Å². The van der Waals surface area contributed by atoms with Crippen LogP contribution in [0.3, 0.4) is 0 Å². The van der Waals surface area contributed by atoms with Crippen LogP contribution in [0.5, 0.6) is 34.5 Å². The van der Waals surface area contributed by atoms with Crippen molar-refractivity contribution in [3.05, 3.63) is 101 Å². The molecular formula is C79H101N9O22. The Bertz CT molecular complexity index is 3960. The van der Waals surface area contributed by atoms with Gasteiger partial charge in [0.2, 0.25) is 42.2 Å². The Hall–Kier alpha value is -9.86. The molecule has 5 atom stereocenters. The number of likely N-dealkylation sites (tertiary alicyclic amines) is 1. The fraction of sp³-hybridized carbons (Fsp3) is 0.519. The Morgan fingerprint density at radius 3 is 1.51 bits per heavy atom. The van der Waals surface area contributed by atoms with E-state index in [1.54, 1.807) is 93.4 Å². The normalized spacial score (nSPS) is 17.2. The topological polar surface area (TPSA) is 348 Å². The van der Waals surface area contributed by atoms with Gasteiger partial charge in [0.05, 0.1) is 168 Å². The third kappa shape index (κ3) is 23.6. The molecule has 1 fully saturated rings. The van der Waals surface area contributed by atoms with Crippen molar-refractivity contribution in [1.82, 2.24) is 30.7 Å². The standard InChI is InChI=1S/C79H101N9O22/c1-51(2)74(85-72(90)17-22-99-24-26-101-28-30-103-32-34-105-36-37-106-35-33-104-31-29-102-27-25-100-23-18-80-71(89)16-19-86-73(91)38-52(3)77(86)94)76(93)83-53(4)75(92)84-58-13-10-54(11-14-58)56-39-59-46-81-63-44-69(66(97-5)42-61(63)78(95)87(59)48-56)107-20-8-7-9-21-108-70-45-64-62(43-67(70)98-6)79(96)88-49-57(40-60(88)47-82-64)55-12-15-65-68(41-55)110-50-109-65/h10-15,41-49,51-53,59-60,74H,7-9,16-40,50H2,1-6H3,(H,80,89)(H,83,93)(H,84,92)(H,85,90)/t52?,53-,59-,60-,74?/m0/s1. The molecule has 0 bridgehead atoms. The monoisotopic (exact) mass is 1530 g/mol. The summed E-state index contributed by atoms with van der Waals surface area (Å²) < 4.78 is 79.0. The summed E-state index contributed by atoms with van der Waals surface area (Å²) in [6.45, 7) is 13.9. The number of benzene rings is 4. The largest absolute Gasteiger partial charge is 0.493 e. The van der Waals surface area contributed by atoms with Crippen LogP contribution in [0.25, 0.3) is 11.1 Å². The van der Waals surface area contributed by atoms with Crippen molar-refractivity contribution in [2.24, 2.45) is 21.8 Å². The SMILES string of the molecule is COc1cc2c(cc1OCCCCCOc1cc3c(cc1OC)C(=O)N1C=C(c4ccc5c(c4)OCO5)C[C@H]1C=N3)N=C[C@@H]1CC(c3ccc(NC(=O)[C@H](C)NC(=O)C(NC(=O)CCOCCOCCOCCOCCOCCOCCOCCOCCNC(=O)CCN4C(=O)CC(C)C4=O)C(C)C)cc3)=CN1C2=O. The first-order valence-corrected chi connectivity index (χ1v) is 37.4. The van der Waals surface area contributed by atoms with Gasteiger partial charge in [-0.25, -0.2) is 0 Å². The van der Waals surface area contributed by atoms with Crippen molar-refractivity contribution >= 4 is 87.9 Å². The van der Waals surface area contributed by atoms with E-state index in [1.165, 1.54) is 7.11 Å². The molecule has 31 nitrogen and oxygen atoms in total. The quantitative estimate of drug-likeness (QED) is 0.0255. The van der Waals surface area contributed by atoms with Gasteiger partial charge in [-0.3, -0.25) is 53.2 Å². The molecular weight excluding hydrogens is 1430 g/mol. The van der Waals surface area contributed by atoms with Gasteiger partial charge in [-0.2, -0.15) is 0 Å². The van der Waals surface area contributed by atoms with Crippen LogP contribution in [0, 0.1) is 11.8 Å². The number of fused-ring (bicyclic) bond motifs is 5. The smallest absolute Gasteiger partial charge is 0.260 e. The number of carbonyl (C=O) groups excluding carboxylic acids is 8. The van der Waals surface area contributed by atoms with Gasteiger partial charge in [0.25, 0.3) is 11.8 Å². The van der Waals surface area contributed by atoms with Crippen LogP contribution in [-0.2, 0) is 66.7 Å². The number of nitrogens with one attached hydrogen (secondary N) is 4. The van der Waals surface area contributed by atoms with Crippen LogP contribution in [0.15, 0.2) is 89.1 Å². The number of hydrogen-bond acceptors (Lipinski definition) is 24. The van der Waals surface area contributed by atoms with Crippen LogP contribution in [-0.4, -0.2) is 252 Å². The van der Waals surface area contributed by atoms with E-state index in [1.807, 2.05) is 42.7 Å². The number of unbranched alkanes of at least 4 members (excludes halogenated alkanes) is 2. The highest BCUT2D eigenvalue weighted by Crippen LogP contribution is 2.43. The maximum atomic E-state index is 14.2. The first-order chi connectivity index (χ1) is 53.5. The minimum Gasteiger partial charge on any atom is -0.493 e. The van der Waals surface area contributed by atoms with E-state index in [9.17, 15) is 38.4 Å². The molecule has 6 aliphatic rings. The summed E-state index contributed by atoms with van der Waals surface area (Å²) in [6.07, 6.45) is 10.8. The molecule has 6 heterocycles. The summed E-state index contributed by atoms with van der Waals surface area (Å²) in [4.78, 5) is 118. The lowest BCUT2D eigenvalue weighted by molar-refractivity contribution is -0.139. The number of nitrogens with zero attached hydrogens (tertiary/aromatic N) is 5. The molecule has 4 aromatic rings. The number of amides is 8. The van der Waals surface area contributed by atoms with Crippen LogP contribution < -0.4 is 49.7 Å². The lowest BCUT2D eigenvalue weighted by Crippen LogP contribution is -2.53. The lowest BCUT2D eigenvalue weighted by atomic mass is 10.0. The molecule has 4 aromatic carbocycles. The molecule has 0 aliphatic carbocycles. The molecule has 10 rings (SSSR count). The maximum absolute atomic E-state index is 14.2. The number of methoxy groups -OCH3 is 2. The van der Waals surface area contributed by atoms with E-state index in [0.717, 1.165) is 33.6 Å². The van der Waals surface area contributed by atoms with Crippen LogP contribution in [0.1, 0.15) is 111 Å². The van der Waals surface area contributed by atoms with Gasteiger partial charge in [-0.1, -0.05) is 39.0 Å². The van der Waals surface area contributed by atoms with E-state index in [2.05, 4.69) is 21.3 Å². The molecule has 0 aromatic heterocycles. The zero-order chi connectivity index (χ0) is 77.7. The summed E-state index contributed by atoms with van der Waals surface area (Å²) in [5, 5.41) is 11.1. The fourth-order valence-corrected chi connectivity index (χ4v) is 12.6. The predicted octanol–water partition coefficient (Wildman–Crippen LogP) is 7.01. The first kappa shape index (κ1) is 82.6. The zero-order valence-corrected chi connectivity index (χ0v) is 63.3. The molecule has 0 saturated carbocycles. The second-order valence-corrected chi connectivity index (χ2v) is 27.0. The molecule has 1 saturated heterocycles. The minimum atomic E-state index is -0.940. The summed E-state index contributed by atoms with van der Waals surface area (Å²) >= 11 is 0. The molecule has 4 N–H and O–H groups in total. The second kappa shape index (κ2) is 42.4. The van der Waals surface area contributed by atoms with Crippen molar-refractivity contribution in [3.63, 3.8) is 0 Å². The van der Waals surface area contributed by atoms with Gasteiger partial charge < -0.3 is 97.4 Å². The summed E-state index contributed by atoms with van der Waals surface area (Å²) in [6, 6.07) is 17.4. The Balaban J connectivity index is 0.528. The van der Waals surface area contributed by atoms with Gasteiger partial charge in [-0.15, -0.1) is 0 Å². The molecule has 8 amide bonds. The average molecular weight is 1530 g/mol. The van der Waals surface area contributed by atoms with Crippen molar-refractivity contribution in [2.45, 2.75) is 103 Å². The highest BCUT2D eigenvalue weighted by atomic mass is 16.7. The van der Waals surface area contributed by atoms with Crippen LogP contribution in [0.4, 0.5) is 17.1 Å². The number of hydrogen-bond donors (Lipinski definition) is 4. The van der Waals surface area contributed by atoms with Gasteiger partial charge in [-0.05, 0) is 90.8 Å². The van der Waals surface area contributed by atoms with E-state index in [-0.39, 0.29) is 105 Å². The van der Waals surface area contributed by atoms with Gasteiger partial charge in [0.15, 0.2) is 34.5 Å². The molecule has 0 spiro atoms. The number of aliphatic imine (C=N–C) groups is 2. The third-order valence-corrected chi connectivity index (χ3v) is 18.7. The zero-order valence-electron chi connectivity index (χ0n) is 63.3. The number of anilines is 1. The van der Waals surface area contributed by atoms with Gasteiger partial charge in [0, 0.05) is 93.8 Å². The van der Waals surface area contributed by atoms with Crippen molar-refractivity contribution in [1.29, 1.82) is 0 Å². The molecule has 0 radical (unpaired) electrons. The predicted molar refractivity (Wildman–Crippen MR) is 404 cm³/mol. The lowest BCUT2D eigenvalue weighted by Gasteiger charge is -2.24. The summed E-state index contributed by atoms with van der Waals surface area (Å²) in [5.74, 6) is 0.0751. The van der Waals surface area contributed by atoms with Gasteiger partial charge in [0.1, 0.15) is 12.1 Å². The number of imide groups is 1. The van der Waals surface area contributed by atoms with Crippen LogP contribution >= 0.6 is 0 Å². The minimum absolute atomic E-state index is 0.0135. The molecule has 2 unspecified atom stereocenters. The first-order valence-electron chi connectivity index (χ1n) is 37.4. The van der Waals surface area contributed by atoms with E-state index in [0.29, 0.717) is 201 Å². The number of carbonyl (C=O) groups is 8. The fourth-order valence-electron chi connectivity index (χ4n) is 12.6. The Morgan fingerprint density at radius 1 is 0.518 bits per heavy atom.